The molecule has 0 heterocycles. The van der Waals surface area contributed by atoms with Crippen molar-refractivity contribution in [3.63, 3.8) is 0 Å². The molecule has 0 radical (unpaired) electrons. The standard InChI is InChI=1S/C16H15F2NO/c1-11-4-2-7-14(15(11)18)16(20)19-9-8-12-5-3-6-13(17)10-12/h2-7,10H,8-9H2,1H3,(H,19,20). The van der Waals surface area contributed by atoms with E-state index in [1.165, 1.54) is 18.2 Å². The average Bonchev–Trinajstić information content (AvgIpc) is 2.42. The number of nitrogens with one attached hydrogen (secondary N) is 1. The number of carbonyl (C=O) groups is 1. The second kappa shape index (κ2) is 6.28. The molecule has 0 bridgehead atoms. The lowest BCUT2D eigenvalue weighted by Crippen LogP contribution is -2.26. The molecule has 4 heteroatoms. The Morgan fingerprint density at radius 1 is 1.15 bits per heavy atom. The smallest absolute Gasteiger partial charge is 0.254 e. The summed E-state index contributed by atoms with van der Waals surface area (Å²) in [5.41, 5.74) is 1.25. The molecule has 2 nitrogen and oxygen atoms in total. The summed E-state index contributed by atoms with van der Waals surface area (Å²) < 4.78 is 26.7. The monoisotopic (exact) mass is 275 g/mol. The Kier molecular flexibility index (Phi) is 4.45. The third-order valence-corrected chi connectivity index (χ3v) is 3.02. The molecule has 0 aliphatic carbocycles. The molecule has 2 rings (SSSR count). The second-order valence-electron chi connectivity index (χ2n) is 4.57. The van der Waals surface area contributed by atoms with Crippen LogP contribution in [0.15, 0.2) is 42.5 Å². The van der Waals surface area contributed by atoms with Crippen molar-refractivity contribution in [3.8, 4) is 0 Å². The predicted molar refractivity (Wildman–Crippen MR) is 73.6 cm³/mol. The highest BCUT2D eigenvalue weighted by Crippen LogP contribution is 2.11. The number of amides is 1. The summed E-state index contributed by atoms with van der Waals surface area (Å²) in [4.78, 5) is 11.8. The molecule has 0 saturated heterocycles. The van der Waals surface area contributed by atoms with Crippen LogP contribution >= 0.6 is 0 Å². The summed E-state index contributed by atoms with van der Waals surface area (Å²) in [7, 11) is 0. The van der Waals surface area contributed by atoms with Gasteiger partial charge in [0, 0.05) is 6.54 Å². The molecule has 2 aromatic carbocycles. The van der Waals surface area contributed by atoms with Crippen molar-refractivity contribution < 1.29 is 13.6 Å². The largest absolute Gasteiger partial charge is 0.352 e. The normalized spacial score (nSPS) is 10.3. The van der Waals surface area contributed by atoms with Gasteiger partial charge in [-0.2, -0.15) is 0 Å². The molecule has 0 spiro atoms. The van der Waals surface area contributed by atoms with Crippen LogP contribution in [0.4, 0.5) is 8.78 Å². The maximum atomic E-state index is 13.7. The Morgan fingerprint density at radius 3 is 2.65 bits per heavy atom. The minimum Gasteiger partial charge on any atom is -0.352 e. The molecule has 1 N–H and O–H groups in total. The molecule has 104 valence electrons. The third kappa shape index (κ3) is 3.41. The summed E-state index contributed by atoms with van der Waals surface area (Å²) >= 11 is 0. The number of hydrogen-bond donors (Lipinski definition) is 1. The Morgan fingerprint density at radius 2 is 1.90 bits per heavy atom. The van der Waals surface area contributed by atoms with Crippen molar-refractivity contribution in [3.05, 3.63) is 70.8 Å². The first-order chi connectivity index (χ1) is 9.58. The molecule has 0 aromatic heterocycles. The number of carbonyl (C=O) groups excluding carboxylic acids is 1. The lowest BCUT2D eigenvalue weighted by molar-refractivity contribution is 0.0950. The number of hydrogen-bond acceptors (Lipinski definition) is 1. The Balaban J connectivity index is 1.94. The fraction of sp³-hybridized carbons (Fsp3) is 0.188. The van der Waals surface area contributed by atoms with Gasteiger partial charge in [0.25, 0.3) is 5.91 Å². The predicted octanol–water partition coefficient (Wildman–Crippen LogP) is 3.25. The first-order valence-electron chi connectivity index (χ1n) is 6.35. The fourth-order valence-electron chi connectivity index (χ4n) is 1.93. The zero-order chi connectivity index (χ0) is 14.5. The topological polar surface area (TPSA) is 29.1 Å². The number of halogens is 2. The molecule has 0 aliphatic heterocycles. The van der Waals surface area contributed by atoms with Gasteiger partial charge >= 0.3 is 0 Å². The van der Waals surface area contributed by atoms with E-state index in [-0.39, 0.29) is 11.4 Å². The highest BCUT2D eigenvalue weighted by atomic mass is 19.1. The van der Waals surface area contributed by atoms with Gasteiger partial charge in [0.2, 0.25) is 0 Å². The highest BCUT2D eigenvalue weighted by Gasteiger charge is 2.12. The summed E-state index contributed by atoms with van der Waals surface area (Å²) in [6.07, 6.45) is 0.497. The van der Waals surface area contributed by atoms with Crippen LogP contribution in [0.1, 0.15) is 21.5 Å². The van der Waals surface area contributed by atoms with E-state index in [0.29, 0.717) is 18.5 Å². The van der Waals surface area contributed by atoms with Crippen LogP contribution < -0.4 is 5.32 Å². The summed E-state index contributed by atoms with van der Waals surface area (Å²) in [5.74, 6) is -1.27. The second-order valence-corrected chi connectivity index (χ2v) is 4.57. The Bertz CT molecular complexity index is 626. The quantitative estimate of drug-likeness (QED) is 0.911. The minimum atomic E-state index is -0.504. The van der Waals surface area contributed by atoms with Gasteiger partial charge in [0.05, 0.1) is 5.56 Å². The first kappa shape index (κ1) is 14.2. The van der Waals surface area contributed by atoms with Gasteiger partial charge in [-0.3, -0.25) is 4.79 Å². The number of aryl methyl sites for hydroxylation is 1. The van der Waals surface area contributed by atoms with Crippen molar-refractivity contribution >= 4 is 5.91 Å². The van der Waals surface area contributed by atoms with Crippen LogP contribution in [0.25, 0.3) is 0 Å². The maximum Gasteiger partial charge on any atom is 0.254 e. The van der Waals surface area contributed by atoms with Gasteiger partial charge in [-0.15, -0.1) is 0 Å². The molecular formula is C16H15F2NO. The summed E-state index contributed by atoms with van der Waals surface area (Å²) in [5, 5.41) is 2.63. The Labute approximate surface area is 116 Å². The van der Waals surface area contributed by atoms with Crippen molar-refractivity contribution in [1.82, 2.24) is 5.32 Å². The van der Waals surface area contributed by atoms with Gasteiger partial charge in [0.15, 0.2) is 0 Å². The first-order valence-corrected chi connectivity index (χ1v) is 6.35. The van der Waals surface area contributed by atoms with Crippen LogP contribution in [0.5, 0.6) is 0 Å². The van der Waals surface area contributed by atoms with Gasteiger partial charge in [-0.25, -0.2) is 8.78 Å². The number of benzene rings is 2. The van der Waals surface area contributed by atoms with E-state index in [9.17, 15) is 13.6 Å². The lowest BCUT2D eigenvalue weighted by Gasteiger charge is -2.07. The molecule has 0 unspecified atom stereocenters. The van der Waals surface area contributed by atoms with E-state index in [1.54, 1.807) is 31.2 Å². The zero-order valence-corrected chi connectivity index (χ0v) is 11.1. The van der Waals surface area contributed by atoms with Crippen LogP contribution in [-0.2, 0) is 6.42 Å². The molecule has 2 aromatic rings. The maximum absolute atomic E-state index is 13.7. The van der Waals surface area contributed by atoms with Crippen molar-refractivity contribution in [2.75, 3.05) is 6.54 Å². The fourth-order valence-corrected chi connectivity index (χ4v) is 1.93. The molecule has 0 saturated carbocycles. The van der Waals surface area contributed by atoms with Crippen molar-refractivity contribution in [2.45, 2.75) is 13.3 Å². The molecule has 0 atom stereocenters. The molecule has 1 amide bonds. The molecule has 0 aliphatic rings. The average molecular weight is 275 g/mol. The van der Waals surface area contributed by atoms with Crippen LogP contribution in [0, 0.1) is 18.6 Å². The lowest BCUT2D eigenvalue weighted by atomic mass is 10.1. The molecule has 20 heavy (non-hydrogen) atoms. The van der Waals surface area contributed by atoms with Gasteiger partial charge < -0.3 is 5.32 Å². The van der Waals surface area contributed by atoms with Gasteiger partial charge in [0.1, 0.15) is 11.6 Å². The van der Waals surface area contributed by atoms with Crippen LogP contribution in [-0.4, -0.2) is 12.5 Å². The number of rotatable bonds is 4. The van der Waals surface area contributed by atoms with E-state index in [2.05, 4.69) is 5.32 Å². The van der Waals surface area contributed by atoms with Gasteiger partial charge in [-0.1, -0.05) is 24.3 Å². The summed E-state index contributed by atoms with van der Waals surface area (Å²) in [6.45, 7) is 1.94. The van der Waals surface area contributed by atoms with E-state index in [0.717, 1.165) is 5.56 Å². The van der Waals surface area contributed by atoms with E-state index >= 15 is 0 Å². The zero-order valence-electron chi connectivity index (χ0n) is 11.1. The van der Waals surface area contributed by atoms with Crippen molar-refractivity contribution in [1.29, 1.82) is 0 Å². The van der Waals surface area contributed by atoms with E-state index in [1.807, 2.05) is 0 Å². The van der Waals surface area contributed by atoms with E-state index < -0.39 is 11.7 Å². The van der Waals surface area contributed by atoms with Crippen LogP contribution in [0.3, 0.4) is 0 Å². The van der Waals surface area contributed by atoms with Gasteiger partial charge in [-0.05, 0) is 42.7 Å². The molecule has 0 fully saturated rings. The summed E-state index contributed by atoms with van der Waals surface area (Å²) in [6, 6.07) is 10.9. The molecular weight excluding hydrogens is 260 g/mol. The third-order valence-electron chi connectivity index (χ3n) is 3.02. The van der Waals surface area contributed by atoms with Crippen LogP contribution in [0.2, 0.25) is 0 Å². The minimum absolute atomic E-state index is 0.0317. The SMILES string of the molecule is Cc1cccc(C(=O)NCCc2cccc(F)c2)c1F. The highest BCUT2D eigenvalue weighted by molar-refractivity contribution is 5.94. The van der Waals surface area contributed by atoms with Crippen molar-refractivity contribution in [2.24, 2.45) is 0 Å². The Hall–Kier alpha value is -2.23. The van der Waals surface area contributed by atoms with E-state index in [4.69, 9.17) is 0 Å².